The van der Waals surface area contributed by atoms with Crippen LogP contribution in [-0.4, -0.2) is 32.9 Å². The van der Waals surface area contributed by atoms with Gasteiger partial charge in [0.2, 0.25) is 5.91 Å². The molecule has 1 atom stereocenters. The molecule has 0 unspecified atom stereocenters. The van der Waals surface area contributed by atoms with Gasteiger partial charge in [0.05, 0.1) is 11.4 Å². The van der Waals surface area contributed by atoms with Crippen molar-refractivity contribution in [3.05, 3.63) is 54.1 Å². The van der Waals surface area contributed by atoms with Gasteiger partial charge in [-0.3, -0.25) is 9.69 Å². The molecular formula is C21H25N3O4S. The van der Waals surface area contributed by atoms with Crippen molar-refractivity contribution in [3.63, 3.8) is 0 Å². The van der Waals surface area contributed by atoms with Gasteiger partial charge in [0.25, 0.3) is 10.0 Å². The fraction of sp³-hybridized carbons (Fsp3) is 0.333. The summed E-state index contributed by atoms with van der Waals surface area (Å²) >= 11 is 0. The molecule has 2 aromatic rings. The lowest BCUT2D eigenvalue weighted by atomic mass is 10.1. The van der Waals surface area contributed by atoms with Crippen molar-refractivity contribution >= 4 is 33.3 Å². The molecule has 7 nitrogen and oxygen atoms in total. The minimum Gasteiger partial charge on any atom is -0.352 e. The molecular weight excluding hydrogens is 390 g/mol. The maximum absolute atomic E-state index is 13.2. The van der Waals surface area contributed by atoms with Crippen LogP contribution in [0.1, 0.15) is 32.8 Å². The first-order valence-electron chi connectivity index (χ1n) is 9.63. The first-order chi connectivity index (χ1) is 13.8. The number of hydrogen-bond acceptors (Lipinski definition) is 4. The Bertz CT molecular complexity index is 1020. The van der Waals surface area contributed by atoms with E-state index in [0.717, 1.165) is 22.7 Å². The Hall–Kier alpha value is -2.87. The van der Waals surface area contributed by atoms with E-state index in [9.17, 15) is 18.0 Å². The second-order valence-electron chi connectivity index (χ2n) is 7.00. The maximum atomic E-state index is 13.2. The van der Waals surface area contributed by atoms with Crippen molar-refractivity contribution in [2.24, 2.45) is 0 Å². The van der Waals surface area contributed by atoms with Crippen LogP contribution >= 0.6 is 0 Å². The molecule has 2 aromatic carbocycles. The number of nitrogens with zero attached hydrogens (tertiary/aromatic N) is 2. The Morgan fingerprint density at radius 2 is 1.72 bits per heavy atom. The van der Waals surface area contributed by atoms with Gasteiger partial charge in [-0.25, -0.2) is 13.2 Å². The number of hydrogen-bond donors (Lipinski definition) is 1. The number of sulfonamides is 1. The summed E-state index contributed by atoms with van der Waals surface area (Å²) in [5, 5.41) is 2.82. The van der Waals surface area contributed by atoms with Crippen LogP contribution in [0.5, 0.6) is 0 Å². The van der Waals surface area contributed by atoms with Crippen molar-refractivity contribution in [1.29, 1.82) is 0 Å². The van der Waals surface area contributed by atoms with Gasteiger partial charge < -0.3 is 5.32 Å². The molecule has 0 saturated carbocycles. The second kappa shape index (κ2) is 8.24. The third kappa shape index (κ3) is 3.98. The summed E-state index contributed by atoms with van der Waals surface area (Å²) in [7, 11) is -4.09. The molecule has 29 heavy (non-hydrogen) atoms. The number of rotatable bonds is 6. The number of carbonyl (C=O) groups excluding carboxylic acids is 2. The summed E-state index contributed by atoms with van der Waals surface area (Å²) in [5.41, 5.74) is 1.48. The van der Waals surface area contributed by atoms with Gasteiger partial charge in [0, 0.05) is 6.04 Å². The minimum atomic E-state index is -4.09. The van der Waals surface area contributed by atoms with Crippen LogP contribution in [-0.2, 0) is 21.2 Å². The number of urea groups is 1. The minimum absolute atomic E-state index is 0.00416. The van der Waals surface area contributed by atoms with Gasteiger partial charge in [-0.15, -0.1) is 0 Å². The highest BCUT2D eigenvalue weighted by Crippen LogP contribution is 2.37. The van der Waals surface area contributed by atoms with E-state index in [4.69, 9.17) is 0 Å². The third-order valence-electron chi connectivity index (χ3n) is 4.98. The summed E-state index contributed by atoms with van der Waals surface area (Å²) in [4.78, 5) is 26.9. The van der Waals surface area contributed by atoms with Crippen molar-refractivity contribution in [2.75, 3.05) is 15.7 Å². The summed E-state index contributed by atoms with van der Waals surface area (Å²) in [6, 6.07) is 12.2. The molecule has 1 heterocycles. The Labute approximate surface area is 171 Å². The van der Waals surface area contributed by atoms with E-state index in [-0.39, 0.29) is 34.8 Å². The quantitative estimate of drug-likeness (QED) is 0.784. The Balaban J connectivity index is 2.05. The zero-order chi connectivity index (χ0) is 21.2. The number of nitrogens with one attached hydrogen (secondary N) is 1. The summed E-state index contributed by atoms with van der Waals surface area (Å²) in [6.07, 6.45) is 1.55. The van der Waals surface area contributed by atoms with Crippen molar-refractivity contribution in [1.82, 2.24) is 5.32 Å². The highest BCUT2D eigenvalue weighted by molar-refractivity contribution is 7.94. The van der Waals surface area contributed by atoms with E-state index in [1.807, 2.05) is 20.8 Å². The second-order valence-corrected chi connectivity index (χ2v) is 8.76. The van der Waals surface area contributed by atoms with Crippen LogP contribution in [0.2, 0.25) is 0 Å². The highest BCUT2D eigenvalue weighted by atomic mass is 32.2. The van der Waals surface area contributed by atoms with Gasteiger partial charge in [-0.2, -0.15) is 4.31 Å². The van der Waals surface area contributed by atoms with Crippen LogP contribution in [0.15, 0.2) is 53.4 Å². The van der Waals surface area contributed by atoms with E-state index < -0.39 is 16.1 Å². The Morgan fingerprint density at radius 1 is 1.07 bits per heavy atom. The molecule has 0 fully saturated rings. The molecule has 1 aliphatic heterocycles. The number of fused-ring (bicyclic) bond motifs is 1. The van der Waals surface area contributed by atoms with Gasteiger partial charge in [0.1, 0.15) is 11.4 Å². The van der Waals surface area contributed by atoms with Crippen molar-refractivity contribution < 1.29 is 18.0 Å². The van der Waals surface area contributed by atoms with Crippen LogP contribution in [0.3, 0.4) is 0 Å². The molecule has 0 saturated heterocycles. The van der Waals surface area contributed by atoms with Crippen molar-refractivity contribution in [2.45, 2.75) is 44.6 Å². The number of aryl methyl sites for hydroxylation is 1. The fourth-order valence-corrected chi connectivity index (χ4v) is 4.74. The van der Waals surface area contributed by atoms with E-state index >= 15 is 0 Å². The first kappa shape index (κ1) is 20.9. The molecule has 1 N–H and O–H groups in total. The zero-order valence-corrected chi connectivity index (χ0v) is 17.6. The van der Waals surface area contributed by atoms with E-state index in [2.05, 4.69) is 5.32 Å². The molecule has 3 amide bonds. The molecule has 0 spiro atoms. The Morgan fingerprint density at radius 3 is 2.34 bits per heavy atom. The predicted molar refractivity (Wildman–Crippen MR) is 113 cm³/mol. The molecule has 0 bridgehead atoms. The molecule has 3 rings (SSSR count). The highest BCUT2D eigenvalue weighted by Gasteiger charge is 2.43. The topological polar surface area (TPSA) is 86.8 Å². The SMILES string of the molecule is CCc1ccc(N2C(=O)N(CC(=O)N[C@H](C)CC)c3ccccc3S2(=O)=O)cc1. The molecule has 1 aliphatic rings. The normalized spacial score (nSPS) is 16.3. The zero-order valence-electron chi connectivity index (χ0n) is 16.8. The molecule has 0 aliphatic carbocycles. The van der Waals surface area contributed by atoms with Crippen LogP contribution in [0.4, 0.5) is 16.2 Å². The number of anilines is 2. The van der Waals surface area contributed by atoms with Gasteiger partial charge in [-0.1, -0.05) is 38.1 Å². The van der Waals surface area contributed by atoms with E-state index in [1.165, 1.54) is 11.0 Å². The van der Waals surface area contributed by atoms with Crippen LogP contribution in [0.25, 0.3) is 0 Å². The molecule has 0 aromatic heterocycles. The lowest BCUT2D eigenvalue weighted by Crippen LogP contribution is -2.54. The van der Waals surface area contributed by atoms with Gasteiger partial charge >= 0.3 is 6.03 Å². The smallest absolute Gasteiger partial charge is 0.343 e. The summed E-state index contributed by atoms with van der Waals surface area (Å²) < 4.78 is 27.2. The largest absolute Gasteiger partial charge is 0.352 e. The van der Waals surface area contributed by atoms with Gasteiger partial charge in [0.15, 0.2) is 0 Å². The van der Waals surface area contributed by atoms with Crippen LogP contribution < -0.4 is 14.5 Å². The number of carbonyl (C=O) groups is 2. The lowest BCUT2D eigenvalue weighted by Gasteiger charge is -2.36. The summed E-state index contributed by atoms with van der Waals surface area (Å²) in [6.45, 7) is 5.54. The van der Waals surface area contributed by atoms with Gasteiger partial charge in [-0.05, 0) is 49.6 Å². The fourth-order valence-electron chi connectivity index (χ4n) is 3.15. The number of benzene rings is 2. The summed E-state index contributed by atoms with van der Waals surface area (Å²) in [5.74, 6) is -0.344. The molecule has 8 heteroatoms. The van der Waals surface area contributed by atoms with E-state index in [0.29, 0.717) is 0 Å². The predicted octanol–water partition coefficient (Wildman–Crippen LogP) is 3.30. The number of amides is 3. The molecule has 0 radical (unpaired) electrons. The average Bonchev–Trinajstić information content (AvgIpc) is 2.71. The average molecular weight is 416 g/mol. The monoisotopic (exact) mass is 415 g/mol. The van der Waals surface area contributed by atoms with Crippen molar-refractivity contribution in [3.8, 4) is 0 Å². The Kier molecular flexibility index (Phi) is 5.93. The first-order valence-corrected chi connectivity index (χ1v) is 11.1. The lowest BCUT2D eigenvalue weighted by molar-refractivity contribution is -0.120. The standard InChI is InChI=1S/C21H25N3O4S/c1-4-15(3)22-20(25)14-23-18-8-6-7-9-19(18)29(27,28)24(21(23)26)17-12-10-16(5-2)11-13-17/h6-13,15H,4-5,14H2,1-3H3,(H,22,25)/t15-/m1/s1. The van der Waals surface area contributed by atoms with E-state index in [1.54, 1.807) is 42.5 Å². The van der Waals surface area contributed by atoms with Crippen LogP contribution in [0, 0.1) is 0 Å². The maximum Gasteiger partial charge on any atom is 0.343 e. The molecule has 154 valence electrons. The third-order valence-corrected chi connectivity index (χ3v) is 6.73. The number of para-hydroxylation sites is 1.